The molecule has 2 aromatic carbocycles. The second-order valence-corrected chi connectivity index (χ2v) is 6.10. The Balaban J connectivity index is 0.00000155. The van der Waals surface area contributed by atoms with Gasteiger partial charge in [0, 0.05) is 23.7 Å². The van der Waals surface area contributed by atoms with Crippen LogP contribution in [-0.2, 0) is 6.42 Å². The number of amides is 1. The standard InChI is InChI=1S/C21H22N4O3.C2H6/c1-27-17-8-6-14(7-9-17)10-11-23-19-13-18(24-21(25-19)28-2)15-4-3-5-16(12-15)20(22)26;1-2/h3-9,12-13H,10-11H2,1-2H3,(H2,22,26)(H,23,24,25);1-2H3. The molecule has 3 N–H and O–H groups in total. The fourth-order valence-corrected chi connectivity index (χ4v) is 2.71. The Kier molecular flexibility index (Phi) is 8.62. The number of nitrogens with one attached hydrogen (secondary N) is 1. The first kappa shape index (κ1) is 22.7. The molecule has 0 radical (unpaired) electrons. The zero-order chi connectivity index (χ0) is 21.9. The quantitative estimate of drug-likeness (QED) is 0.586. The minimum atomic E-state index is -0.485. The van der Waals surface area contributed by atoms with Gasteiger partial charge in [-0.1, -0.05) is 38.1 Å². The summed E-state index contributed by atoms with van der Waals surface area (Å²) in [6.07, 6.45) is 0.822. The van der Waals surface area contributed by atoms with Crippen LogP contribution in [0.25, 0.3) is 11.3 Å². The fourth-order valence-electron chi connectivity index (χ4n) is 2.71. The van der Waals surface area contributed by atoms with Gasteiger partial charge in [-0.3, -0.25) is 4.79 Å². The highest BCUT2D eigenvalue weighted by atomic mass is 16.5. The number of primary amides is 1. The van der Waals surface area contributed by atoms with Crippen molar-refractivity contribution in [2.75, 3.05) is 26.1 Å². The van der Waals surface area contributed by atoms with Gasteiger partial charge in [-0.05, 0) is 36.2 Å². The molecular formula is C23H28N4O3. The average Bonchev–Trinajstić information content (AvgIpc) is 2.80. The number of hydrogen-bond donors (Lipinski definition) is 2. The normalized spacial score (nSPS) is 9.87. The van der Waals surface area contributed by atoms with E-state index in [0.717, 1.165) is 17.7 Å². The van der Waals surface area contributed by atoms with Crippen molar-refractivity contribution < 1.29 is 14.3 Å². The molecule has 0 fully saturated rings. The van der Waals surface area contributed by atoms with Gasteiger partial charge in [0.2, 0.25) is 5.91 Å². The van der Waals surface area contributed by atoms with Gasteiger partial charge in [-0.2, -0.15) is 9.97 Å². The summed E-state index contributed by atoms with van der Waals surface area (Å²) in [6, 6.07) is 17.0. The van der Waals surface area contributed by atoms with Crippen molar-refractivity contribution in [1.29, 1.82) is 0 Å². The van der Waals surface area contributed by atoms with E-state index in [9.17, 15) is 4.79 Å². The summed E-state index contributed by atoms with van der Waals surface area (Å²) in [4.78, 5) is 20.1. The molecule has 0 aliphatic rings. The number of carbonyl (C=O) groups excluding carboxylic acids is 1. The first-order valence-electron chi connectivity index (χ1n) is 9.79. The molecule has 30 heavy (non-hydrogen) atoms. The second-order valence-electron chi connectivity index (χ2n) is 6.10. The zero-order valence-electron chi connectivity index (χ0n) is 17.8. The highest BCUT2D eigenvalue weighted by molar-refractivity contribution is 5.94. The molecule has 3 aromatic rings. The summed E-state index contributed by atoms with van der Waals surface area (Å²) >= 11 is 0. The number of hydrogen-bond acceptors (Lipinski definition) is 6. The van der Waals surface area contributed by atoms with Crippen LogP contribution in [0.4, 0.5) is 5.82 Å². The molecular weight excluding hydrogens is 380 g/mol. The molecule has 7 nitrogen and oxygen atoms in total. The molecule has 0 saturated heterocycles. The SMILES string of the molecule is CC.COc1ccc(CCNc2cc(-c3cccc(C(N)=O)c3)nc(OC)n2)cc1. The van der Waals surface area contributed by atoms with Crippen LogP contribution in [0, 0.1) is 0 Å². The van der Waals surface area contributed by atoms with Gasteiger partial charge < -0.3 is 20.5 Å². The monoisotopic (exact) mass is 408 g/mol. The van der Waals surface area contributed by atoms with E-state index in [2.05, 4.69) is 15.3 Å². The van der Waals surface area contributed by atoms with E-state index in [4.69, 9.17) is 15.2 Å². The van der Waals surface area contributed by atoms with Gasteiger partial charge >= 0.3 is 6.01 Å². The van der Waals surface area contributed by atoms with Gasteiger partial charge in [0.05, 0.1) is 19.9 Å². The van der Waals surface area contributed by atoms with Crippen LogP contribution in [0.3, 0.4) is 0 Å². The van der Waals surface area contributed by atoms with Crippen LogP contribution in [0.1, 0.15) is 29.8 Å². The Bertz CT molecular complexity index is 959. The number of methoxy groups -OCH3 is 2. The largest absolute Gasteiger partial charge is 0.497 e. The van der Waals surface area contributed by atoms with Crippen LogP contribution in [0.15, 0.2) is 54.6 Å². The lowest BCUT2D eigenvalue weighted by Gasteiger charge is -2.10. The smallest absolute Gasteiger partial charge is 0.318 e. The van der Waals surface area contributed by atoms with E-state index in [1.807, 2.05) is 50.2 Å². The maximum absolute atomic E-state index is 11.4. The molecule has 0 atom stereocenters. The number of rotatable bonds is 8. The zero-order valence-corrected chi connectivity index (χ0v) is 17.8. The number of benzene rings is 2. The van der Waals surface area contributed by atoms with E-state index in [-0.39, 0.29) is 6.01 Å². The highest BCUT2D eigenvalue weighted by Crippen LogP contribution is 2.23. The number of aromatic nitrogens is 2. The summed E-state index contributed by atoms with van der Waals surface area (Å²) in [5.41, 5.74) is 8.37. The number of ether oxygens (including phenoxy) is 2. The molecule has 0 aliphatic heterocycles. The number of nitrogens with two attached hydrogens (primary N) is 1. The van der Waals surface area contributed by atoms with Crippen LogP contribution in [0.5, 0.6) is 11.8 Å². The van der Waals surface area contributed by atoms with Crippen LogP contribution >= 0.6 is 0 Å². The summed E-state index contributed by atoms with van der Waals surface area (Å²) < 4.78 is 10.4. The average molecular weight is 409 g/mol. The van der Waals surface area contributed by atoms with Crippen molar-refractivity contribution in [3.05, 3.63) is 65.7 Å². The summed E-state index contributed by atoms with van der Waals surface area (Å²) in [5.74, 6) is 0.987. The third-order valence-corrected chi connectivity index (χ3v) is 4.21. The summed E-state index contributed by atoms with van der Waals surface area (Å²) in [7, 11) is 3.16. The van der Waals surface area contributed by atoms with Gasteiger partial charge in [0.1, 0.15) is 11.6 Å². The third-order valence-electron chi connectivity index (χ3n) is 4.21. The van der Waals surface area contributed by atoms with E-state index >= 15 is 0 Å². The Morgan fingerprint density at radius 2 is 1.73 bits per heavy atom. The predicted octanol–water partition coefficient (Wildman–Crippen LogP) is 3.94. The molecule has 1 heterocycles. The molecule has 1 amide bonds. The maximum Gasteiger partial charge on any atom is 0.318 e. The topological polar surface area (TPSA) is 99.4 Å². The molecule has 0 bridgehead atoms. The van der Waals surface area contributed by atoms with E-state index in [0.29, 0.717) is 23.6 Å². The summed E-state index contributed by atoms with van der Waals surface area (Å²) in [6.45, 7) is 4.69. The first-order chi connectivity index (χ1) is 14.6. The van der Waals surface area contributed by atoms with Crippen molar-refractivity contribution in [3.63, 3.8) is 0 Å². The number of anilines is 1. The Labute approximate surface area is 177 Å². The summed E-state index contributed by atoms with van der Waals surface area (Å²) in [5, 5.41) is 3.29. The Hall–Kier alpha value is -3.61. The molecule has 158 valence electrons. The van der Waals surface area contributed by atoms with Crippen molar-refractivity contribution >= 4 is 11.7 Å². The number of nitrogens with zero attached hydrogens (tertiary/aromatic N) is 2. The van der Waals surface area contributed by atoms with Crippen molar-refractivity contribution in [3.8, 4) is 23.0 Å². The van der Waals surface area contributed by atoms with Crippen LogP contribution < -0.4 is 20.5 Å². The molecule has 0 spiro atoms. The molecule has 7 heteroatoms. The Morgan fingerprint density at radius 1 is 1.00 bits per heavy atom. The van der Waals surface area contributed by atoms with Crippen molar-refractivity contribution in [2.45, 2.75) is 20.3 Å². The van der Waals surface area contributed by atoms with Crippen molar-refractivity contribution in [1.82, 2.24) is 9.97 Å². The van der Waals surface area contributed by atoms with Crippen molar-refractivity contribution in [2.24, 2.45) is 5.73 Å². The van der Waals surface area contributed by atoms with Gasteiger partial charge in [0.25, 0.3) is 0 Å². The second kappa shape index (κ2) is 11.4. The predicted molar refractivity (Wildman–Crippen MR) is 119 cm³/mol. The highest BCUT2D eigenvalue weighted by Gasteiger charge is 2.09. The fraction of sp³-hybridized carbons (Fsp3) is 0.261. The molecule has 0 saturated carbocycles. The van der Waals surface area contributed by atoms with Gasteiger partial charge in [0.15, 0.2) is 0 Å². The number of carbonyl (C=O) groups is 1. The minimum Gasteiger partial charge on any atom is -0.497 e. The van der Waals surface area contributed by atoms with E-state index in [1.54, 1.807) is 25.3 Å². The van der Waals surface area contributed by atoms with Crippen LogP contribution in [0.2, 0.25) is 0 Å². The van der Waals surface area contributed by atoms with E-state index in [1.165, 1.54) is 12.7 Å². The molecule has 3 rings (SSSR count). The lowest BCUT2D eigenvalue weighted by atomic mass is 10.1. The van der Waals surface area contributed by atoms with Crippen LogP contribution in [-0.4, -0.2) is 36.6 Å². The maximum atomic E-state index is 11.4. The minimum absolute atomic E-state index is 0.244. The molecule has 0 unspecified atom stereocenters. The van der Waals surface area contributed by atoms with Gasteiger partial charge in [-0.25, -0.2) is 0 Å². The van der Waals surface area contributed by atoms with Gasteiger partial charge in [-0.15, -0.1) is 0 Å². The molecule has 1 aromatic heterocycles. The third kappa shape index (κ3) is 6.20. The van der Waals surface area contributed by atoms with E-state index < -0.39 is 5.91 Å². The lowest BCUT2D eigenvalue weighted by Crippen LogP contribution is -2.11. The first-order valence-corrected chi connectivity index (χ1v) is 9.79. The lowest BCUT2D eigenvalue weighted by molar-refractivity contribution is 0.100. The molecule has 0 aliphatic carbocycles. The Morgan fingerprint density at radius 3 is 2.37 bits per heavy atom.